The van der Waals surface area contributed by atoms with Crippen molar-refractivity contribution in [2.75, 3.05) is 79.7 Å². The molecule has 0 unspecified atom stereocenters. The minimum atomic E-state index is -3.77. The Morgan fingerprint density at radius 1 is 0.732 bits per heavy atom. The van der Waals surface area contributed by atoms with Gasteiger partial charge in [-0.25, -0.2) is 31.8 Å². The normalized spacial score (nSPS) is 15.4. The summed E-state index contributed by atoms with van der Waals surface area (Å²) in [4.78, 5) is 62.2. The number of methoxy groups -OCH3 is 2. The molecule has 0 bridgehead atoms. The van der Waals surface area contributed by atoms with Crippen LogP contribution in [-0.4, -0.2) is 153 Å². The largest absolute Gasteiger partial charge is 0.480 e. The van der Waals surface area contributed by atoms with Crippen LogP contribution in [0.4, 0.5) is 0 Å². The molecule has 6 rings (SSSR count). The van der Waals surface area contributed by atoms with E-state index in [1.807, 2.05) is 0 Å². The van der Waals surface area contributed by atoms with Gasteiger partial charge in [-0.1, -0.05) is 13.2 Å². The summed E-state index contributed by atoms with van der Waals surface area (Å²) in [5.74, 6) is -0.677. The molecule has 4 amide bonds. The first-order valence-corrected chi connectivity index (χ1v) is 21.4. The highest BCUT2D eigenvalue weighted by atomic mass is 32.2. The van der Waals surface area contributed by atoms with Crippen molar-refractivity contribution in [2.24, 2.45) is 0 Å². The van der Waals surface area contributed by atoms with Gasteiger partial charge in [0.2, 0.25) is 55.4 Å². The minimum Gasteiger partial charge on any atom is -0.480 e. The van der Waals surface area contributed by atoms with Crippen LogP contribution in [-0.2, 0) is 39.2 Å². The van der Waals surface area contributed by atoms with Crippen LogP contribution in [0.2, 0.25) is 0 Å². The Labute approximate surface area is 333 Å². The molecule has 6 heterocycles. The number of amides is 4. The van der Waals surface area contributed by atoms with Gasteiger partial charge in [0.1, 0.15) is 26.3 Å². The summed E-state index contributed by atoms with van der Waals surface area (Å²) in [5.41, 5.74) is 0.322. The summed E-state index contributed by atoms with van der Waals surface area (Å²) in [6, 6.07) is 1.66. The second-order valence-electron chi connectivity index (χ2n) is 11.9. The van der Waals surface area contributed by atoms with Crippen molar-refractivity contribution in [3.05, 3.63) is 54.7 Å². The molecule has 2 aliphatic rings. The highest BCUT2D eigenvalue weighted by Crippen LogP contribution is 2.36. The summed E-state index contributed by atoms with van der Waals surface area (Å²) in [7, 11) is -4.53. The lowest BCUT2D eigenvalue weighted by molar-refractivity contribution is -0.133. The molecular formula is C33H43N9O10S4. The lowest BCUT2D eigenvalue weighted by Gasteiger charge is -2.34. The van der Waals surface area contributed by atoms with E-state index in [4.69, 9.17) is 9.47 Å². The lowest BCUT2D eigenvalue weighted by atomic mass is 10.3. The highest BCUT2D eigenvalue weighted by molar-refractivity contribution is 7.89. The van der Waals surface area contributed by atoms with Gasteiger partial charge in [-0.05, 0) is 18.2 Å². The van der Waals surface area contributed by atoms with Crippen LogP contribution in [0.1, 0.15) is 2.85 Å². The van der Waals surface area contributed by atoms with Crippen molar-refractivity contribution >= 4 is 86.7 Å². The number of hydrogen-bond donors (Lipinski definition) is 2. The Bertz CT molecular complexity index is 2200. The first-order chi connectivity index (χ1) is 26.8. The minimum absolute atomic E-state index is 0. The van der Waals surface area contributed by atoms with Gasteiger partial charge >= 0.3 is 0 Å². The number of ether oxygens (including phenoxy) is 2. The van der Waals surface area contributed by atoms with E-state index < -0.39 is 31.9 Å². The maximum atomic E-state index is 13.1. The van der Waals surface area contributed by atoms with Crippen molar-refractivity contribution < 1.29 is 48.3 Å². The van der Waals surface area contributed by atoms with Crippen LogP contribution in [0.5, 0.6) is 11.8 Å². The quantitative estimate of drug-likeness (QED) is 0.188. The first kappa shape index (κ1) is 42.1. The number of carbonyl (C=O) groups excluding carboxylic acids is 4. The molecule has 4 aromatic heterocycles. The van der Waals surface area contributed by atoms with Crippen molar-refractivity contribution in [1.29, 1.82) is 0 Å². The third-order valence-corrected chi connectivity index (χ3v) is 14.8. The van der Waals surface area contributed by atoms with E-state index in [2.05, 4.69) is 38.7 Å². The Hall–Kier alpha value is -5.07. The molecule has 4 aromatic rings. The number of nitrogens with zero attached hydrogens (tertiary/aromatic N) is 7. The SMILES string of the molecule is C=CC(=O)NCC(=O)N1CCN(S(=O)(=O)c2csc3c(OC)nccc23)CC1.C=CC(=O)NCC(=O)N1CCN(S(=O)(=O)c2csc3c(OC)ncnc23)CC1.[HH].[HH]. The Balaban J connectivity index is 0.000000300. The van der Waals surface area contributed by atoms with Gasteiger partial charge in [-0.15, -0.1) is 22.7 Å². The van der Waals surface area contributed by atoms with Gasteiger partial charge < -0.3 is 29.9 Å². The fraction of sp³-hybridized carbons (Fsp3) is 0.364. The summed E-state index contributed by atoms with van der Waals surface area (Å²) in [6.07, 6.45) is 4.96. The molecule has 0 atom stereocenters. The van der Waals surface area contributed by atoms with Crippen molar-refractivity contribution in [2.45, 2.75) is 9.79 Å². The molecule has 2 saturated heterocycles. The third kappa shape index (κ3) is 9.13. The van der Waals surface area contributed by atoms with Gasteiger partial charge in [-0.2, -0.15) is 8.61 Å². The topological polar surface area (TPSA) is 231 Å². The molecular weight excluding hydrogens is 811 g/mol. The van der Waals surface area contributed by atoms with Crippen molar-refractivity contribution in [3.8, 4) is 11.8 Å². The fourth-order valence-electron chi connectivity index (χ4n) is 5.72. The van der Waals surface area contributed by atoms with E-state index in [9.17, 15) is 36.0 Å². The smallest absolute Gasteiger partial charge is 0.246 e. The monoisotopic (exact) mass is 853 g/mol. The zero-order chi connectivity index (χ0) is 40.6. The summed E-state index contributed by atoms with van der Waals surface area (Å²) < 4.78 is 66.6. The number of piperazine rings is 2. The number of pyridine rings is 1. The molecule has 0 spiro atoms. The molecule has 0 aliphatic carbocycles. The fourth-order valence-corrected chi connectivity index (χ4v) is 11.5. The summed E-state index contributed by atoms with van der Waals surface area (Å²) >= 11 is 2.47. The molecule has 23 heteroatoms. The van der Waals surface area contributed by atoms with E-state index in [0.717, 1.165) is 12.2 Å². The molecule has 0 aromatic carbocycles. The van der Waals surface area contributed by atoms with Crippen molar-refractivity contribution in [1.82, 2.24) is 44.0 Å². The second kappa shape index (κ2) is 18.3. The van der Waals surface area contributed by atoms with Crippen LogP contribution >= 0.6 is 22.7 Å². The number of thiophene rings is 2. The molecule has 19 nitrogen and oxygen atoms in total. The third-order valence-electron chi connectivity index (χ3n) is 8.71. The van der Waals surface area contributed by atoms with Crippen LogP contribution in [0, 0.1) is 0 Å². The van der Waals surface area contributed by atoms with E-state index in [-0.39, 0.29) is 89.9 Å². The van der Waals surface area contributed by atoms with Crippen LogP contribution < -0.4 is 20.1 Å². The Kier molecular flexibility index (Phi) is 13.7. The van der Waals surface area contributed by atoms with Crippen LogP contribution in [0.25, 0.3) is 20.3 Å². The average molecular weight is 854 g/mol. The number of nitrogens with one attached hydrogen (secondary N) is 2. The zero-order valence-corrected chi connectivity index (χ0v) is 33.6. The number of rotatable bonds is 12. The molecule has 56 heavy (non-hydrogen) atoms. The predicted octanol–water partition coefficient (Wildman–Crippen LogP) is 0.767. The van der Waals surface area contributed by atoms with Gasteiger partial charge in [0.15, 0.2) is 0 Å². The lowest BCUT2D eigenvalue weighted by Crippen LogP contribution is -2.52. The predicted molar refractivity (Wildman–Crippen MR) is 211 cm³/mol. The molecule has 2 aliphatic heterocycles. The van der Waals surface area contributed by atoms with Crippen LogP contribution in [0.15, 0.2) is 64.5 Å². The maximum absolute atomic E-state index is 13.1. The molecule has 304 valence electrons. The van der Waals surface area contributed by atoms with Gasteiger partial charge in [0, 0.05) is 77.6 Å². The van der Waals surface area contributed by atoms with E-state index >= 15 is 0 Å². The molecule has 0 saturated carbocycles. The second-order valence-corrected chi connectivity index (χ2v) is 17.4. The molecule has 2 N–H and O–H groups in total. The number of aromatic nitrogens is 3. The highest BCUT2D eigenvalue weighted by Gasteiger charge is 2.34. The standard InChI is InChI=1S/C17H20N4O5S2.C16H19N5O5S2.2H2/c1-3-14(22)19-10-15(23)20-6-8-21(9-7-20)28(24,25)13-11-27-16-12(13)4-5-18-17(16)26-2;1-3-12(22)17-8-13(23)20-4-6-21(7-5-20)28(24,25)11-9-27-15-14(11)18-10-19-16(15)26-2;;/h3-5,11H,1,6-10H2,2H3,(H,19,22);3,9-10H,1,4-8H2,2H3,(H,17,22);2*1H. The van der Waals surface area contributed by atoms with Crippen LogP contribution in [0.3, 0.4) is 0 Å². The molecule has 2 fully saturated rings. The number of sulfonamides is 2. The number of fused-ring (bicyclic) bond motifs is 2. The Morgan fingerprint density at radius 3 is 1.70 bits per heavy atom. The number of carbonyl (C=O) groups is 4. The maximum Gasteiger partial charge on any atom is 0.246 e. The van der Waals surface area contributed by atoms with E-state index in [1.54, 1.807) is 11.4 Å². The summed E-state index contributed by atoms with van der Waals surface area (Å²) in [6.45, 7) is 8.03. The zero-order valence-electron chi connectivity index (χ0n) is 30.4. The van der Waals surface area contributed by atoms with E-state index in [1.165, 1.54) is 73.2 Å². The first-order valence-electron chi connectivity index (χ1n) is 16.8. The Morgan fingerprint density at radius 2 is 1.20 bits per heavy atom. The van der Waals surface area contributed by atoms with Gasteiger partial charge in [0.25, 0.3) is 0 Å². The van der Waals surface area contributed by atoms with E-state index in [0.29, 0.717) is 32.1 Å². The van der Waals surface area contributed by atoms with Gasteiger partial charge in [0.05, 0.1) is 32.0 Å². The number of hydrogen-bond acceptors (Lipinski definition) is 15. The molecule has 0 radical (unpaired) electrons. The van der Waals surface area contributed by atoms with Gasteiger partial charge in [-0.3, -0.25) is 19.2 Å². The summed E-state index contributed by atoms with van der Waals surface area (Å²) in [5, 5.41) is 8.54. The van der Waals surface area contributed by atoms with Crippen molar-refractivity contribution in [3.63, 3.8) is 0 Å². The average Bonchev–Trinajstić information content (AvgIpc) is 3.88.